The number of hydrogen-bond acceptors (Lipinski definition) is 5. The smallest absolute Gasteiger partial charge is 0.412 e. The molecule has 0 bridgehead atoms. The molecule has 0 saturated carbocycles. The van der Waals surface area contributed by atoms with Crippen LogP contribution in [0.3, 0.4) is 0 Å². The number of rotatable bonds is 10. The molecule has 1 heterocycles. The number of nitrogens with zero attached hydrogens (tertiary/aromatic N) is 1. The van der Waals surface area contributed by atoms with Gasteiger partial charge in [-0.1, -0.05) is 54.1 Å². The summed E-state index contributed by atoms with van der Waals surface area (Å²) in [7, 11) is 0. The molecule has 4 rings (SSSR count). The van der Waals surface area contributed by atoms with Crippen molar-refractivity contribution in [3.05, 3.63) is 111 Å². The zero-order valence-electron chi connectivity index (χ0n) is 22.1. The standard InChI is InChI=1S/C31H33ClN2O3S/c1-5-34(6-2)25-15-16-27(21(3)19-25)33-31(35)36-22(4)24-14-17-28(26(32)20-24)37-30(29-13-10-18-38-29)23-11-8-7-9-12-23/h7-20,22,30H,5-6H2,1-4H3,(H,33,35). The summed E-state index contributed by atoms with van der Waals surface area (Å²) in [5.41, 5.74) is 4.65. The Morgan fingerprint density at radius 3 is 2.37 bits per heavy atom. The van der Waals surface area contributed by atoms with Gasteiger partial charge in [0.2, 0.25) is 0 Å². The Kier molecular flexibility index (Phi) is 9.32. The van der Waals surface area contributed by atoms with Gasteiger partial charge >= 0.3 is 6.09 Å². The van der Waals surface area contributed by atoms with Gasteiger partial charge in [-0.25, -0.2) is 4.79 Å². The second-order valence-corrected chi connectivity index (χ2v) is 10.3. The van der Waals surface area contributed by atoms with Crippen molar-refractivity contribution >= 4 is 40.4 Å². The van der Waals surface area contributed by atoms with E-state index in [9.17, 15) is 4.79 Å². The second kappa shape index (κ2) is 12.9. The number of carbonyl (C=O) groups excluding carboxylic acids is 1. The molecule has 0 aliphatic rings. The van der Waals surface area contributed by atoms with Crippen LogP contribution in [-0.2, 0) is 4.74 Å². The lowest BCUT2D eigenvalue weighted by molar-refractivity contribution is 0.121. The van der Waals surface area contributed by atoms with Crippen LogP contribution in [0.1, 0.15) is 54.5 Å². The van der Waals surface area contributed by atoms with E-state index in [4.69, 9.17) is 21.1 Å². The van der Waals surface area contributed by atoms with Crippen LogP contribution in [0.15, 0.2) is 84.2 Å². The summed E-state index contributed by atoms with van der Waals surface area (Å²) < 4.78 is 12.0. The van der Waals surface area contributed by atoms with E-state index in [2.05, 4.69) is 36.2 Å². The number of ether oxygens (including phenoxy) is 2. The molecule has 1 N–H and O–H groups in total. The largest absolute Gasteiger partial charge is 0.479 e. The van der Waals surface area contributed by atoms with E-state index < -0.39 is 12.2 Å². The number of hydrogen-bond donors (Lipinski definition) is 1. The summed E-state index contributed by atoms with van der Waals surface area (Å²) in [4.78, 5) is 16.0. The van der Waals surface area contributed by atoms with Crippen LogP contribution >= 0.6 is 22.9 Å². The summed E-state index contributed by atoms with van der Waals surface area (Å²) >= 11 is 8.27. The third-order valence-electron chi connectivity index (χ3n) is 6.43. The zero-order valence-corrected chi connectivity index (χ0v) is 23.7. The van der Waals surface area contributed by atoms with Crippen LogP contribution in [-0.4, -0.2) is 19.2 Å². The summed E-state index contributed by atoms with van der Waals surface area (Å²) in [6.07, 6.45) is -1.29. The van der Waals surface area contributed by atoms with Crippen molar-refractivity contribution in [3.8, 4) is 5.75 Å². The minimum Gasteiger partial charge on any atom is -0.479 e. The minimum atomic E-state index is -0.519. The maximum Gasteiger partial charge on any atom is 0.412 e. The predicted molar refractivity (Wildman–Crippen MR) is 158 cm³/mol. The number of carbonyl (C=O) groups is 1. The van der Waals surface area contributed by atoms with Crippen molar-refractivity contribution in [1.82, 2.24) is 0 Å². The highest BCUT2D eigenvalue weighted by atomic mass is 35.5. The van der Waals surface area contributed by atoms with Crippen LogP contribution in [0, 0.1) is 6.92 Å². The van der Waals surface area contributed by atoms with Crippen molar-refractivity contribution in [2.45, 2.75) is 39.9 Å². The zero-order chi connectivity index (χ0) is 27.1. The number of nitrogens with one attached hydrogen (secondary N) is 1. The highest BCUT2D eigenvalue weighted by molar-refractivity contribution is 7.10. The number of benzene rings is 3. The summed E-state index contributed by atoms with van der Waals surface area (Å²) in [6.45, 7) is 9.90. The van der Waals surface area contributed by atoms with Gasteiger partial charge in [0.15, 0.2) is 6.10 Å². The lowest BCUT2D eigenvalue weighted by Gasteiger charge is -2.22. The van der Waals surface area contributed by atoms with Gasteiger partial charge in [0, 0.05) is 29.3 Å². The maximum atomic E-state index is 12.7. The van der Waals surface area contributed by atoms with Crippen LogP contribution < -0.4 is 15.0 Å². The number of halogens is 1. The fraction of sp³-hybridized carbons (Fsp3) is 0.258. The van der Waals surface area contributed by atoms with E-state index in [1.54, 1.807) is 17.4 Å². The Morgan fingerprint density at radius 2 is 1.74 bits per heavy atom. The molecular weight excluding hydrogens is 516 g/mol. The van der Waals surface area contributed by atoms with Crippen molar-refractivity contribution in [2.75, 3.05) is 23.3 Å². The molecule has 5 nitrogen and oxygen atoms in total. The van der Waals surface area contributed by atoms with Crippen LogP contribution in [0.2, 0.25) is 5.02 Å². The highest BCUT2D eigenvalue weighted by Crippen LogP contribution is 2.36. The molecule has 0 saturated heterocycles. The maximum absolute atomic E-state index is 12.7. The number of thiophene rings is 1. The van der Waals surface area contributed by atoms with Crippen LogP contribution in [0.4, 0.5) is 16.2 Å². The third kappa shape index (κ3) is 6.69. The molecule has 7 heteroatoms. The molecule has 0 aliphatic heterocycles. The first kappa shape index (κ1) is 27.6. The number of amides is 1. The predicted octanol–water partition coefficient (Wildman–Crippen LogP) is 9.03. The Balaban J connectivity index is 1.42. The lowest BCUT2D eigenvalue weighted by atomic mass is 10.1. The average Bonchev–Trinajstić information content (AvgIpc) is 3.45. The molecule has 1 aromatic heterocycles. The van der Waals surface area contributed by atoms with Crippen molar-refractivity contribution in [2.24, 2.45) is 0 Å². The van der Waals surface area contributed by atoms with Gasteiger partial charge in [0.25, 0.3) is 0 Å². The van der Waals surface area contributed by atoms with E-state index in [0.717, 1.165) is 46.0 Å². The van der Waals surface area contributed by atoms with E-state index in [1.165, 1.54) is 0 Å². The molecular formula is C31H33ClN2O3S. The molecule has 3 aromatic carbocycles. The monoisotopic (exact) mass is 548 g/mol. The molecule has 1 amide bonds. The first-order chi connectivity index (χ1) is 18.4. The fourth-order valence-electron chi connectivity index (χ4n) is 4.29. The Bertz CT molecular complexity index is 1340. The molecule has 0 spiro atoms. The van der Waals surface area contributed by atoms with E-state index in [1.807, 2.05) is 79.9 Å². The summed E-state index contributed by atoms with van der Waals surface area (Å²) in [5.74, 6) is 0.568. The molecule has 4 aromatic rings. The van der Waals surface area contributed by atoms with E-state index in [-0.39, 0.29) is 6.10 Å². The fourth-order valence-corrected chi connectivity index (χ4v) is 5.31. The second-order valence-electron chi connectivity index (χ2n) is 8.96. The Morgan fingerprint density at radius 1 is 0.974 bits per heavy atom. The molecule has 0 fully saturated rings. The number of anilines is 2. The van der Waals surface area contributed by atoms with E-state index in [0.29, 0.717) is 10.8 Å². The molecule has 0 aliphatic carbocycles. The third-order valence-corrected chi connectivity index (χ3v) is 7.64. The van der Waals surface area contributed by atoms with Crippen molar-refractivity contribution in [1.29, 1.82) is 0 Å². The topological polar surface area (TPSA) is 50.8 Å². The molecule has 198 valence electrons. The normalized spacial score (nSPS) is 12.4. The van der Waals surface area contributed by atoms with Gasteiger partial charge in [-0.3, -0.25) is 5.32 Å². The minimum absolute atomic E-state index is 0.268. The van der Waals surface area contributed by atoms with Gasteiger partial charge < -0.3 is 14.4 Å². The summed E-state index contributed by atoms with van der Waals surface area (Å²) in [6, 6.07) is 25.6. The van der Waals surface area contributed by atoms with Gasteiger partial charge in [-0.05, 0) is 86.2 Å². The van der Waals surface area contributed by atoms with Gasteiger partial charge in [-0.15, -0.1) is 11.3 Å². The van der Waals surface area contributed by atoms with Crippen LogP contribution in [0.5, 0.6) is 5.75 Å². The Labute approximate surface area is 234 Å². The molecule has 2 atom stereocenters. The Hall–Kier alpha value is -3.48. The molecule has 2 unspecified atom stereocenters. The van der Waals surface area contributed by atoms with Gasteiger partial charge in [-0.2, -0.15) is 0 Å². The quantitative estimate of drug-likeness (QED) is 0.215. The SMILES string of the molecule is CCN(CC)c1ccc(NC(=O)OC(C)c2ccc(OC(c3ccccc3)c3cccs3)c(Cl)c2)c(C)c1. The highest BCUT2D eigenvalue weighted by Gasteiger charge is 2.20. The first-order valence-corrected chi connectivity index (χ1v) is 14.0. The van der Waals surface area contributed by atoms with Gasteiger partial charge in [0.05, 0.1) is 5.02 Å². The summed E-state index contributed by atoms with van der Waals surface area (Å²) in [5, 5.41) is 5.35. The van der Waals surface area contributed by atoms with E-state index >= 15 is 0 Å². The molecule has 0 radical (unpaired) electrons. The van der Waals surface area contributed by atoms with Crippen LogP contribution in [0.25, 0.3) is 0 Å². The lowest BCUT2D eigenvalue weighted by Crippen LogP contribution is -2.22. The first-order valence-electron chi connectivity index (χ1n) is 12.8. The van der Waals surface area contributed by atoms with Gasteiger partial charge in [0.1, 0.15) is 11.9 Å². The number of aryl methyl sites for hydroxylation is 1. The molecule has 38 heavy (non-hydrogen) atoms. The average molecular weight is 549 g/mol. The van der Waals surface area contributed by atoms with Crippen molar-refractivity contribution < 1.29 is 14.3 Å². The van der Waals surface area contributed by atoms with Crippen molar-refractivity contribution in [3.63, 3.8) is 0 Å².